The molecule has 0 atom stereocenters. The molecular weight excluding hydrogens is 500 g/mol. The predicted molar refractivity (Wildman–Crippen MR) is 134 cm³/mol. The van der Waals surface area contributed by atoms with E-state index in [0.29, 0.717) is 22.9 Å². The predicted octanol–water partition coefficient (Wildman–Crippen LogP) is 5.76. The Labute approximate surface area is 206 Å². The maximum absolute atomic E-state index is 12.1. The second-order valence-corrected chi connectivity index (χ2v) is 8.41. The molecule has 0 spiro atoms. The van der Waals surface area contributed by atoms with Crippen LogP contribution >= 0.6 is 15.9 Å². The van der Waals surface area contributed by atoms with Crippen molar-refractivity contribution in [3.8, 4) is 11.5 Å². The zero-order valence-electron chi connectivity index (χ0n) is 18.9. The number of aryl methyl sites for hydroxylation is 2. The van der Waals surface area contributed by atoms with Gasteiger partial charge in [-0.3, -0.25) is 14.4 Å². The largest absolute Gasteiger partial charge is 0.457 e. The third-order valence-electron chi connectivity index (χ3n) is 4.76. The van der Waals surface area contributed by atoms with Gasteiger partial charge in [0.05, 0.1) is 6.42 Å². The maximum atomic E-state index is 12.1. The van der Waals surface area contributed by atoms with Crippen LogP contribution in [0.15, 0.2) is 71.2 Å². The number of rotatable bonds is 9. The topological polar surface area (TPSA) is 93.7 Å². The highest BCUT2D eigenvalue weighted by molar-refractivity contribution is 9.10. The summed E-state index contributed by atoms with van der Waals surface area (Å²) in [7, 11) is 0. The summed E-state index contributed by atoms with van der Waals surface area (Å²) >= 11 is 3.47. The first-order valence-corrected chi connectivity index (χ1v) is 11.4. The number of carbonyl (C=O) groups is 3. The zero-order chi connectivity index (χ0) is 24.5. The molecule has 8 heteroatoms. The van der Waals surface area contributed by atoms with E-state index >= 15 is 0 Å². The standard InChI is InChI=1S/C26H25BrN2O5/c1-17-14-20(15-18(2)26(17)27)29-24(31)16-33-25(32)13-12-23(30)28-19-8-10-22(11-9-19)34-21-6-4-3-5-7-21/h3-11,14-15H,12-13,16H2,1-2H3,(H,28,30)(H,29,31). The van der Waals surface area contributed by atoms with Gasteiger partial charge in [-0.25, -0.2) is 0 Å². The van der Waals surface area contributed by atoms with Crippen LogP contribution in [0.5, 0.6) is 11.5 Å². The molecule has 2 N–H and O–H groups in total. The molecule has 0 aliphatic carbocycles. The van der Waals surface area contributed by atoms with Gasteiger partial charge in [-0.05, 0) is 73.5 Å². The van der Waals surface area contributed by atoms with Crippen molar-refractivity contribution in [3.63, 3.8) is 0 Å². The van der Waals surface area contributed by atoms with Crippen LogP contribution in [0.4, 0.5) is 11.4 Å². The summed E-state index contributed by atoms with van der Waals surface area (Å²) in [6, 6.07) is 19.9. The van der Waals surface area contributed by atoms with Crippen LogP contribution in [0.2, 0.25) is 0 Å². The molecule has 0 unspecified atom stereocenters. The Hall–Kier alpha value is -3.65. The van der Waals surface area contributed by atoms with Gasteiger partial charge in [-0.1, -0.05) is 34.1 Å². The van der Waals surface area contributed by atoms with Gasteiger partial charge in [-0.2, -0.15) is 0 Å². The lowest BCUT2D eigenvalue weighted by molar-refractivity contribution is -0.147. The second-order valence-electron chi connectivity index (χ2n) is 7.62. The number of carbonyl (C=O) groups excluding carboxylic acids is 3. The van der Waals surface area contributed by atoms with Crippen LogP contribution in [0.3, 0.4) is 0 Å². The number of nitrogens with one attached hydrogen (secondary N) is 2. The Morgan fingerprint density at radius 2 is 1.35 bits per heavy atom. The molecule has 0 bridgehead atoms. The lowest BCUT2D eigenvalue weighted by atomic mass is 10.1. The van der Waals surface area contributed by atoms with Crippen LogP contribution in [0.1, 0.15) is 24.0 Å². The molecule has 176 valence electrons. The minimum absolute atomic E-state index is 0.0617. The first-order valence-electron chi connectivity index (χ1n) is 10.6. The van der Waals surface area contributed by atoms with Crippen molar-refractivity contribution >= 4 is 45.1 Å². The number of anilines is 2. The summed E-state index contributed by atoms with van der Waals surface area (Å²) in [4.78, 5) is 36.1. The van der Waals surface area contributed by atoms with Crippen molar-refractivity contribution in [2.45, 2.75) is 26.7 Å². The summed E-state index contributed by atoms with van der Waals surface area (Å²) in [5.74, 6) is -0.0520. The summed E-state index contributed by atoms with van der Waals surface area (Å²) < 4.78 is 11.7. The SMILES string of the molecule is Cc1cc(NC(=O)COC(=O)CCC(=O)Nc2ccc(Oc3ccccc3)cc2)cc(C)c1Br. The third kappa shape index (κ3) is 7.74. The number of esters is 1. The van der Waals surface area contributed by atoms with Crippen LogP contribution in [-0.4, -0.2) is 24.4 Å². The van der Waals surface area contributed by atoms with Crippen LogP contribution in [0.25, 0.3) is 0 Å². The molecule has 3 aromatic rings. The van der Waals surface area contributed by atoms with Crippen LogP contribution in [0, 0.1) is 13.8 Å². The highest BCUT2D eigenvalue weighted by Gasteiger charge is 2.12. The Bertz CT molecular complexity index is 1140. The fraction of sp³-hybridized carbons (Fsp3) is 0.192. The van der Waals surface area contributed by atoms with E-state index < -0.39 is 18.5 Å². The van der Waals surface area contributed by atoms with Crippen molar-refractivity contribution in [1.82, 2.24) is 0 Å². The first kappa shape index (κ1) is 25.0. The van der Waals surface area contributed by atoms with E-state index in [0.717, 1.165) is 15.6 Å². The van der Waals surface area contributed by atoms with Gasteiger partial charge in [0.2, 0.25) is 5.91 Å². The maximum Gasteiger partial charge on any atom is 0.306 e. The normalized spacial score (nSPS) is 10.3. The fourth-order valence-electron chi connectivity index (χ4n) is 3.10. The van der Waals surface area contributed by atoms with Gasteiger partial charge in [-0.15, -0.1) is 0 Å². The highest BCUT2D eigenvalue weighted by atomic mass is 79.9. The minimum Gasteiger partial charge on any atom is -0.457 e. The molecule has 34 heavy (non-hydrogen) atoms. The van der Waals surface area contributed by atoms with E-state index in [1.54, 1.807) is 24.3 Å². The average Bonchev–Trinajstić information content (AvgIpc) is 2.82. The van der Waals surface area contributed by atoms with Gasteiger partial charge in [0, 0.05) is 22.3 Å². The first-order chi connectivity index (χ1) is 16.3. The molecule has 0 aliphatic heterocycles. The molecule has 7 nitrogen and oxygen atoms in total. The lowest BCUT2D eigenvalue weighted by Gasteiger charge is -2.10. The van der Waals surface area contributed by atoms with E-state index in [1.807, 2.05) is 56.3 Å². The molecule has 2 amide bonds. The van der Waals surface area contributed by atoms with Crippen molar-refractivity contribution in [2.24, 2.45) is 0 Å². The van der Waals surface area contributed by atoms with Crippen molar-refractivity contribution in [1.29, 1.82) is 0 Å². The Kier molecular flexibility index (Phi) is 8.81. The number of halogens is 1. The molecular formula is C26H25BrN2O5. The lowest BCUT2D eigenvalue weighted by Crippen LogP contribution is -2.22. The van der Waals surface area contributed by atoms with Crippen LogP contribution in [-0.2, 0) is 19.1 Å². The van der Waals surface area contributed by atoms with Crippen LogP contribution < -0.4 is 15.4 Å². The smallest absolute Gasteiger partial charge is 0.306 e. The number of amides is 2. The zero-order valence-corrected chi connectivity index (χ0v) is 20.5. The van der Waals surface area contributed by atoms with Gasteiger partial charge in [0.1, 0.15) is 11.5 Å². The second kappa shape index (κ2) is 12.0. The third-order valence-corrected chi connectivity index (χ3v) is 6.01. The molecule has 3 aromatic carbocycles. The fourth-order valence-corrected chi connectivity index (χ4v) is 3.33. The average molecular weight is 525 g/mol. The molecule has 0 heterocycles. The van der Waals surface area contributed by atoms with E-state index in [4.69, 9.17) is 9.47 Å². The number of ether oxygens (including phenoxy) is 2. The van der Waals surface area contributed by atoms with E-state index in [2.05, 4.69) is 26.6 Å². The van der Waals surface area contributed by atoms with Crippen molar-refractivity contribution in [2.75, 3.05) is 17.2 Å². The molecule has 0 fully saturated rings. The van der Waals surface area contributed by atoms with Gasteiger partial charge in [0.15, 0.2) is 6.61 Å². The summed E-state index contributed by atoms with van der Waals surface area (Å²) in [6.45, 7) is 3.42. The van der Waals surface area contributed by atoms with E-state index in [-0.39, 0.29) is 18.7 Å². The summed E-state index contributed by atoms with van der Waals surface area (Å²) in [5, 5.41) is 5.41. The Balaban J connectivity index is 1.37. The van der Waals surface area contributed by atoms with Gasteiger partial charge in [0.25, 0.3) is 5.91 Å². The van der Waals surface area contributed by atoms with Crippen molar-refractivity contribution in [3.05, 3.63) is 82.3 Å². The molecule has 0 saturated heterocycles. The molecule has 0 aliphatic rings. The molecule has 0 aromatic heterocycles. The molecule has 0 saturated carbocycles. The molecule has 0 radical (unpaired) electrons. The number of benzene rings is 3. The Morgan fingerprint density at radius 3 is 2.00 bits per heavy atom. The number of hydrogen-bond acceptors (Lipinski definition) is 5. The summed E-state index contributed by atoms with van der Waals surface area (Å²) in [5.41, 5.74) is 3.17. The van der Waals surface area contributed by atoms with E-state index in [9.17, 15) is 14.4 Å². The van der Waals surface area contributed by atoms with Crippen molar-refractivity contribution < 1.29 is 23.9 Å². The number of hydrogen-bond donors (Lipinski definition) is 2. The minimum atomic E-state index is -0.625. The van der Waals surface area contributed by atoms with Gasteiger partial charge >= 0.3 is 5.97 Å². The quantitative estimate of drug-likeness (QED) is 0.347. The summed E-state index contributed by atoms with van der Waals surface area (Å²) in [6.07, 6.45) is -0.196. The Morgan fingerprint density at radius 1 is 0.765 bits per heavy atom. The van der Waals surface area contributed by atoms with E-state index in [1.165, 1.54) is 0 Å². The number of para-hydroxylation sites is 1. The highest BCUT2D eigenvalue weighted by Crippen LogP contribution is 2.25. The van der Waals surface area contributed by atoms with Gasteiger partial charge < -0.3 is 20.1 Å². The monoisotopic (exact) mass is 524 g/mol. The molecule has 3 rings (SSSR count).